The predicted molar refractivity (Wildman–Crippen MR) is 55.2 cm³/mol. The second kappa shape index (κ2) is 7.76. The third kappa shape index (κ3) is 5.94. The van der Waals surface area contributed by atoms with Crippen LogP contribution in [0.15, 0.2) is 0 Å². The van der Waals surface area contributed by atoms with Gasteiger partial charge in [-0.15, -0.1) is 0 Å². The molecule has 0 aliphatic rings. The second-order valence-corrected chi connectivity index (χ2v) is 3.71. The van der Waals surface area contributed by atoms with Crippen molar-refractivity contribution in [1.29, 1.82) is 0 Å². The zero-order valence-electron chi connectivity index (χ0n) is 8.99. The van der Waals surface area contributed by atoms with Gasteiger partial charge in [0.05, 0.1) is 0 Å². The molecule has 3 N–H and O–H groups in total. The third-order valence-corrected chi connectivity index (χ3v) is 2.21. The van der Waals surface area contributed by atoms with Crippen LogP contribution >= 0.6 is 0 Å². The van der Waals surface area contributed by atoms with Crippen LogP contribution in [0.2, 0.25) is 0 Å². The first-order chi connectivity index (χ1) is 6.61. The summed E-state index contributed by atoms with van der Waals surface area (Å²) in [5.41, 5.74) is 0. The molecule has 2 atom stereocenters. The summed E-state index contributed by atoms with van der Waals surface area (Å²) >= 11 is 0. The first-order valence-electron chi connectivity index (χ1n) is 5.18. The maximum atomic E-state index is 10.7. The minimum atomic E-state index is -0.789. The van der Waals surface area contributed by atoms with Gasteiger partial charge in [0, 0.05) is 6.61 Å². The molecule has 0 saturated heterocycles. The highest BCUT2D eigenvalue weighted by atomic mass is 16.4. The maximum absolute atomic E-state index is 10.7. The molecule has 2 unspecified atom stereocenters. The fourth-order valence-corrected chi connectivity index (χ4v) is 1.27. The van der Waals surface area contributed by atoms with Gasteiger partial charge in [0.1, 0.15) is 6.04 Å². The van der Waals surface area contributed by atoms with Crippen molar-refractivity contribution < 1.29 is 15.0 Å². The van der Waals surface area contributed by atoms with Crippen molar-refractivity contribution in [2.45, 2.75) is 39.2 Å². The summed E-state index contributed by atoms with van der Waals surface area (Å²) in [6.45, 7) is 4.77. The predicted octanol–water partition coefficient (Wildman–Crippen LogP) is 0.848. The number of hydrogen-bond acceptors (Lipinski definition) is 3. The molecule has 0 bridgehead atoms. The van der Waals surface area contributed by atoms with Crippen LogP contribution in [0.25, 0.3) is 0 Å². The number of rotatable bonds is 8. The lowest BCUT2D eigenvalue weighted by molar-refractivity contribution is -0.139. The zero-order valence-corrected chi connectivity index (χ0v) is 8.99. The Kier molecular flexibility index (Phi) is 7.42. The van der Waals surface area contributed by atoms with E-state index in [1.807, 2.05) is 13.8 Å². The fourth-order valence-electron chi connectivity index (χ4n) is 1.27. The molecule has 0 fully saturated rings. The molecule has 0 amide bonds. The Hall–Kier alpha value is -0.610. The molecule has 0 aromatic rings. The highest BCUT2D eigenvalue weighted by molar-refractivity contribution is 5.73. The minimum absolute atomic E-state index is 0.161. The number of aliphatic hydroxyl groups excluding tert-OH is 1. The molecular weight excluding hydrogens is 182 g/mol. The Labute approximate surface area is 85.3 Å². The summed E-state index contributed by atoms with van der Waals surface area (Å²) in [4.78, 5) is 10.7. The summed E-state index contributed by atoms with van der Waals surface area (Å²) in [5.74, 6) is -0.471. The monoisotopic (exact) mass is 203 g/mol. The van der Waals surface area contributed by atoms with Crippen molar-refractivity contribution in [3.63, 3.8) is 0 Å². The Morgan fingerprint density at radius 2 is 2.07 bits per heavy atom. The van der Waals surface area contributed by atoms with Gasteiger partial charge in [-0.1, -0.05) is 20.3 Å². The number of carboxylic acids is 1. The van der Waals surface area contributed by atoms with Gasteiger partial charge in [0.15, 0.2) is 0 Å². The van der Waals surface area contributed by atoms with E-state index >= 15 is 0 Å². The van der Waals surface area contributed by atoms with Crippen molar-refractivity contribution in [3.8, 4) is 0 Å². The van der Waals surface area contributed by atoms with Gasteiger partial charge in [-0.2, -0.15) is 0 Å². The standard InChI is InChI=1S/C10H21NO3/c1-3-4-9(10(13)14)11-7-8(2)5-6-12/h8-9,11-12H,3-7H2,1-2H3,(H,13,14). The summed E-state index contributed by atoms with van der Waals surface area (Å²) in [6.07, 6.45) is 2.23. The molecule has 4 nitrogen and oxygen atoms in total. The number of hydrogen-bond donors (Lipinski definition) is 3. The maximum Gasteiger partial charge on any atom is 0.320 e. The van der Waals surface area contributed by atoms with Crippen molar-refractivity contribution in [2.24, 2.45) is 5.92 Å². The average molecular weight is 203 g/mol. The van der Waals surface area contributed by atoms with E-state index in [2.05, 4.69) is 5.32 Å². The second-order valence-electron chi connectivity index (χ2n) is 3.71. The van der Waals surface area contributed by atoms with Crippen LogP contribution in [0.5, 0.6) is 0 Å². The summed E-state index contributed by atoms with van der Waals surface area (Å²) in [7, 11) is 0. The smallest absolute Gasteiger partial charge is 0.320 e. The summed E-state index contributed by atoms with van der Waals surface area (Å²) in [5, 5.41) is 20.5. The highest BCUT2D eigenvalue weighted by Gasteiger charge is 2.15. The topological polar surface area (TPSA) is 69.6 Å². The van der Waals surface area contributed by atoms with E-state index in [0.717, 1.165) is 6.42 Å². The third-order valence-electron chi connectivity index (χ3n) is 2.21. The van der Waals surface area contributed by atoms with Gasteiger partial charge in [-0.3, -0.25) is 4.79 Å². The SMILES string of the molecule is CCCC(NCC(C)CCO)C(=O)O. The molecule has 84 valence electrons. The number of aliphatic carboxylic acids is 1. The zero-order chi connectivity index (χ0) is 11.0. The molecule has 0 heterocycles. The molecule has 0 spiro atoms. The van der Waals surface area contributed by atoms with E-state index in [4.69, 9.17) is 10.2 Å². The number of carbonyl (C=O) groups is 1. The molecule has 0 aliphatic carbocycles. The van der Waals surface area contributed by atoms with Crippen LogP contribution in [0.1, 0.15) is 33.1 Å². The molecule has 0 aliphatic heterocycles. The Balaban J connectivity index is 3.75. The van der Waals surface area contributed by atoms with Crippen LogP contribution in [-0.4, -0.2) is 35.4 Å². The van der Waals surface area contributed by atoms with Crippen molar-refractivity contribution >= 4 is 5.97 Å². The fraction of sp³-hybridized carbons (Fsp3) is 0.900. The van der Waals surface area contributed by atoms with E-state index < -0.39 is 12.0 Å². The average Bonchev–Trinajstić information content (AvgIpc) is 2.12. The molecule has 0 aromatic carbocycles. The van der Waals surface area contributed by atoms with Gasteiger partial charge in [0.2, 0.25) is 0 Å². The Bertz CT molecular complexity index is 161. The lowest BCUT2D eigenvalue weighted by Crippen LogP contribution is -2.39. The van der Waals surface area contributed by atoms with E-state index in [1.54, 1.807) is 0 Å². The number of aliphatic hydroxyl groups is 1. The summed E-state index contributed by atoms with van der Waals surface area (Å²) < 4.78 is 0. The quantitative estimate of drug-likeness (QED) is 0.547. The van der Waals surface area contributed by atoms with Crippen LogP contribution < -0.4 is 5.32 Å². The van der Waals surface area contributed by atoms with Crippen LogP contribution in [-0.2, 0) is 4.79 Å². The van der Waals surface area contributed by atoms with Crippen LogP contribution in [0.3, 0.4) is 0 Å². The van der Waals surface area contributed by atoms with Gasteiger partial charge in [-0.25, -0.2) is 0 Å². The molecular formula is C10H21NO3. The van der Waals surface area contributed by atoms with Crippen LogP contribution in [0, 0.1) is 5.92 Å². The first kappa shape index (κ1) is 13.4. The number of carboxylic acid groups (broad SMARTS) is 1. The molecule has 0 rings (SSSR count). The molecule has 4 heteroatoms. The van der Waals surface area contributed by atoms with Gasteiger partial charge in [0.25, 0.3) is 0 Å². The van der Waals surface area contributed by atoms with Gasteiger partial charge in [-0.05, 0) is 25.3 Å². The van der Waals surface area contributed by atoms with E-state index in [-0.39, 0.29) is 6.61 Å². The van der Waals surface area contributed by atoms with Crippen LogP contribution in [0.4, 0.5) is 0 Å². The van der Waals surface area contributed by atoms with Gasteiger partial charge >= 0.3 is 5.97 Å². The van der Waals surface area contributed by atoms with E-state index in [9.17, 15) is 4.79 Å². The lowest BCUT2D eigenvalue weighted by atomic mass is 10.1. The molecule has 0 saturated carbocycles. The molecule has 0 aromatic heterocycles. The van der Waals surface area contributed by atoms with Crippen molar-refractivity contribution in [2.75, 3.05) is 13.2 Å². The van der Waals surface area contributed by atoms with Gasteiger partial charge < -0.3 is 15.5 Å². The largest absolute Gasteiger partial charge is 0.480 e. The van der Waals surface area contributed by atoms with E-state index in [0.29, 0.717) is 25.3 Å². The highest BCUT2D eigenvalue weighted by Crippen LogP contribution is 2.02. The minimum Gasteiger partial charge on any atom is -0.480 e. The molecule has 0 radical (unpaired) electrons. The normalized spacial score (nSPS) is 15.1. The molecule has 14 heavy (non-hydrogen) atoms. The summed E-state index contributed by atoms with van der Waals surface area (Å²) in [6, 6.07) is -0.443. The van der Waals surface area contributed by atoms with Crippen molar-refractivity contribution in [1.82, 2.24) is 5.32 Å². The van der Waals surface area contributed by atoms with Crippen molar-refractivity contribution in [3.05, 3.63) is 0 Å². The first-order valence-corrected chi connectivity index (χ1v) is 5.18. The Morgan fingerprint density at radius 3 is 2.50 bits per heavy atom. The van der Waals surface area contributed by atoms with E-state index in [1.165, 1.54) is 0 Å². The lowest BCUT2D eigenvalue weighted by Gasteiger charge is -2.16. The Morgan fingerprint density at radius 1 is 1.43 bits per heavy atom. The number of nitrogens with one attached hydrogen (secondary N) is 1.